The van der Waals surface area contributed by atoms with Crippen molar-refractivity contribution in [1.29, 1.82) is 0 Å². The zero-order valence-electron chi connectivity index (χ0n) is 20.7. The molecule has 0 saturated heterocycles. The molecule has 0 unspecified atom stereocenters. The molecule has 0 bridgehead atoms. The molecule has 2 amide bonds. The summed E-state index contributed by atoms with van der Waals surface area (Å²) in [6.45, 7) is 5.70. The lowest BCUT2D eigenvalue weighted by Crippen LogP contribution is -2.24. The van der Waals surface area contributed by atoms with E-state index in [4.69, 9.17) is 4.42 Å². The molecular formula is C28H27N3O5S. The van der Waals surface area contributed by atoms with Gasteiger partial charge in [-0.05, 0) is 86.0 Å². The SMILES string of the molecule is Cc1ccc(NS(=O)(=O)c2cc(C(=O)Nc3ccccc3C(=O)NCc3ccco3)ccc2C)cc1C. The van der Waals surface area contributed by atoms with Gasteiger partial charge in [-0.15, -0.1) is 0 Å². The Morgan fingerprint density at radius 2 is 1.57 bits per heavy atom. The van der Waals surface area contributed by atoms with Gasteiger partial charge < -0.3 is 15.1 Å². The summed E-state index contributed by atoms with van der Waals surface area (Å²) in [6, 6.07) is 19.8. The van der Waals surface area contributed by atoms with Crippen molar-refractivity contribution in [3.63, 3.8) is 0 Å². The maximum absolute atomic E-state index is 13.2. The Kier molecular flexibility index (Phi) is 7.45. The summed E-state index contributed by atoms with van der Waals surface area (Å²) in [5.41, 5.74) is 3.63. The largest absolute Gasteiger partial charge is 0.467 e. The third kappa shape index (κ3) is 6.07. The van der Waals surface area contributed by atoms with Crippen molar-refractivity contribution < 1.29 is 22.4 Å². The number of hydrogen-bond acceptors (Lipinski definition) is 5. The van der Waals surface area contributed by atoms with Crippen molar-refractivity contribution in [3.8, 4) is 0 Å². The second-order valence-corrected chi connectivity index (χ2v) is 10.3. The minimum Gasteiger partial charge on any atom is -0.467 e. The summed E-state index contributed by atoms with van der Waals surface area (Å²) < 4.78 is 34.1. The molecule has 0 atom stereocenters. The second-order valence-electron chi connectivity index (χ2n) is 8.65. The zero-order valence-corrected chi connectivity index (χ0v) is 21.5. The van der Waals surface area contributed by atoms with Crippen LogP contribution in [-0.4, -0.2) is 20.2 Å². The predicted octanol–water partition coefficient (Wildman–Crippen LogP) is 5.19. The lowest BCUT2D eigenvalue weighted by Gasteiger charge is -2.14. The number of sulfonamides is 1. The fraction of sp³-hybridized carbons (Fsp3) is 0.143. The summed E-state index contributed by atoms with van der Waals surface area (Å²) in [7, 11) is -3.96. The Hall–Kier alpha value is -4.37. The molecule has 0 radical (unpaired) electrons. The molecule has 37 heavy (non-hydrogen) atoms. The van der Waals surface area contributed by atoms with Gasteiger partial charge in [-0.2, -0.15) is 0 Å². The van der Waals surface area contributed by atoms with Gasteiger partial charge in [0.15, 0.2) is 0 Å². The van der Waals surface area contributed by atoms with Crippen LogP contribution in [0.4, 0.5) is 11.4 Å². The van der Waals surface area contributed by atoms with Crippen molar-refractivity contribution in [2.24, 2.45) is 0 Å². The lowest BCUT2D eigenvalue weighted by atomic mass is 10.1. The monoisotopic (exact) mass is 517 g/mol. The maximum Gasteiger partial charge on any atom is 0.262 e. The molecule has 3 N–H and O–H groups in total. The van der Waals surface area contributed by atoms with E-state index in [1.54, 1.807) is 67.6 Å². The Bertz CT molecular complexity index is 1560. The fourth-order valence-electron chi connectivity index (χ4n) is 3.71. The normalized spacial score (nSPS) is 11.1. The summed E-state index contributed by atoms with van der Waals surface area (Å²) >= 11 is 0. The molecule has 4 rings (SSSR count). The van der Waals surface area contributed by atoms with Gasteiger partial charge >= 0.3 is 0 Å². The third-order valence-electron chi connectivity index (χ3n) is 5.92. The first-order valence-electron chi connectivity index (χ1n) is 11.6. The van der Waals surface area contributed by atoms with Gasteiger partial charge in [-0.25, -0.2) is 8.42 Å². The van der Waals surface area contributed by atoms with E-state index in [0.29, 0.717) is 22.7 Å². The van der Waals surface area contributed by atoms with Gasteiger partial charge in [0.2, 0.25) is 0 Å². The smallest absolute Gasteiger partial charge is 0.262 e. The molecule has 0 saturated carbocycles. The van der Waals surface area contributed by atoms with Gasteiger partial charge in [-0.3, -0.25) is 14.3 Å². The van der Waals surface area contributed by atoms with E-state index in [2.05, 4.69) is 15.4 Å². The lowest BCUT2D eigenvalue weighted by molar-refractivity contribution is 0.0949. The second kappa shape index (κ2) is 10.7. The fourth-order valence-corrected chi connectivity index (χ4v) is 5.03. The zero-order chi connectivity index (χ0) is 26.6. The van der Waals surface area contributed by atoms with Crippen molar-refractivity contribution >= 4 is 33.2 Å². The van der Waals surface area contributed by atoms with E-state index >= 15 is 0 Å². The molecule has 190 valence electrons. The highest BCUT2D eigenvalue weighted by Crippen LogP contribution is 2.24. The summed E-state index contributed by atoms with van der Waals surface area (Å²) in [4.78, 5) is 25.8. The van der Waals surface area contributed by atoms with E-state index < -0.39 is 21.8 Å². The molecule has 0 spiro atoms. The number of carbonyl (C=O) groups is 2. The average molecular weight is 518 g/mol. The number of amides is 2. The van der Waals surface area contributed by atoms with E-state index in [-0.39, 0.29) is 22.6 Å². The summed E-state index contributed by atoms with van der Waals surface area (Å²) in [5, 5.41) is 5.47. The van der Waals surface area contributed by atoms with E-state index in [1.165, 1.54) is 12.3 Å². The molecule has 1 aromatic heterocycles. The number of nitrogens with one attached hydrogen (secondary N) is 3. The molecular weight excluding hydrogens is 490 g/mol. The standard InChI is InChI=1S/C28H27N3O5S/c1-18-11-13-22(15-20(18)3)31-37(34,35)26-16-21(12-10-19(26)2)27(32)30-25-9-5-4-8-24(25)28(33)29-17-23-7-6-14-36-23/h4-16,31H,17H2,1-3H3,(H,29,33)(H,30,32). The highest BCUT2D eigenvalue weighted by molar-refractivity contribution is 7.92. The van der Waals surface area contributed by atoms with Crippen LogP contribution < -0.4 is 15.4 Å². The van der Waals surface area contributed by atoms with Crippen molar-refractivity contribution in [2.45, 2.75) is 32.2 Å². The van der Waals surface area contributed by atoms with Crippen LogP contribution in [0.3, 0.4) is 0 Å². The Morgan fingerprint density at radius 3 is 2.30 bits per heavy atom. The molecule has 0 aliphatic carbocycles. The topological polar surface area (TPSA) is 118 Å². The number of rotatable bonds is 8. The minimum atomic E-state index is -3.96. The number of aryl methyl sites for hydroxylation is 3. The first-order chi connectivity index (χ1) is 17.6. The van der Waals surface area contributed by atoms with E-state index in [9.17, 15) is 18.0 Å². The van der Waals surface area contributed by atoms with Gasteiger partial charge in [-0.1, -0.05) is 24.3 Å². The van der Waals surface area contributed by atoms with Gasteiger partial charge in [0.25, 0.3) is 21.8 Å². The molecule has 0 aliphatic rings. The molecule has 4 aromatic rings. The number of benzene rings is 3. The van der Waals surface area contributed by atoms with Crippen LogP contribution in [0.25, 0.3) is 0 Å². The van der Waals surface area contributed by atoms with Crippen molar-refractivity contribution in [1.82, 2.24) is 5.32 Å². The minimum absolute atomic E-state index is 0.0112. The predicted molar refractivity (Wildman–Crippen MR) is 142 cm³/mol. The van der Waals surface area contributed by atoms with Gasteiger partial charge in [0.1, 0.15) is 5.76 Å². The van der Waals surface area contributed by atoms with Gasteiger partial charge in [0.05, 0.1) is 29.0 Å². The first kappa shape index (κ1) is 25.7. The van der Waals surface area contributed by atoms with Gasteiger partial charge in [0, 0.05) is 11.3 Å². The third-order valence-corrected chi connectivity index (χ3v) is 7.45. The van der Waals surface area contributed by atoms with Crippen LogP contribution in [-0.2, 0) is 16.6 Å². The molecule has 9 heteroatoms. The van der Waals surface area contributed by atoms with Crippen LogP contribution in [0.1, 0.15) is 43.2 Å². The molecule has 8 nitrogen and oxygen atoms in total. The quantitative estimate of drug-likeness (QED) is 0.297. The van der Waals surface area contributed by atoms with Crippen LogP contribution in [0, 0.1) is 20.8 Å². The summed E-state index contributed by atoms with van der Waals surface area (Å²) in [6.07, 6.45) is 1.52. The van der Waals surface area contributed by atoms with Crippen LogP contribution >= 0.6 is 0 Å². The van der Waals surface area contributed by atoms with Crippen LogP contribution in [0.2, 0.25) is 0 Å². The molecule has 3 aromatic carbocycles. The Morgan fingerprint density at radius 1 is 0.811 bits per heavy atom. The van der Waals surface area contributed by atoms with Crippen LogP contribution in [0.5, 0.6) is 0 Å². The maximum atomic E-state index is 13.2. The molecule has 1 heterocycles. The Labute approximate surface area is 215 Å². The summed E-state index contributed by atoms with van der Waals surface area (Å²) in [5.74, 6) is -0.344. The van der Waals surface area contributed by atoms with Crippen molar-refractivity contribution in [3.05, 3.63) is 113 Å². The highest BCUT2D eigenvalue weighted by atomic mass is 32.2. The number of furan rings is 1. The highest BCUT2D eigenvalue weighted by Gasteiger charge is 2.21. The molecule has 0 aliphatic heterocycles. The number of anilines is 2. The van der Waals surface area contributed by atoms with E-state index in [0.717, 1.165) is 11.1 Å². The molecule has 0 fully saturated rings. The van der Waals surface area contributed by atoms with Crippen molar-refractivity contribution in [2.75, 3.05) is 10.0 Å². The van der Waals surface area contributed by atoms with Crippen LogP contribution in [0.15, 0.2) is 88.4 Å². The average Bonchev–Trinajstić information content (AvgIpc) is 3.39. The number of para-hydroxylation sites is 1. The Balaban J connectivity index is 1.54. The van der Waals surface area contributed by atoms with E-state index in [1.807, 2.05) is 19.9 Å². The first-order valence-corrected chi connectivity index (χ1v) is 13.0. The number of hydrogen-bond donors (Lipinski definition) is 3. The number of carbonyl (C=O) groups excluding carboxylic acids is 2.